The van der Waals surface area contributed by atoms with Crippen molar-refractivity contribution in [3.05, 3.63) is 40.0 Å². The van der Waals surface area contributed by atoms with Gasteiger partial charge in [0.2, 0.25) is 0 Å². The van der Waals surface area contributed by atoms with Gasteiger partial charge in [-0.2, -0.15) is 0 Å². The molecule has 0 amide bonds. The fourth-order valence-corrected chi connectivity index (χ4v) is 29.2. The Hall–Kier alpha value is 0.930. The molecule has 2 rings (SSSR count). The van der Waals surface area contributed by atoms with Gasteiger partial charge < -0.3 is 0 Å². The van der Waals surface area contributed by atoms with Crippen LogP contribution in [0.15, 0.2) is 40.0 Å². The van der Waals surface area contributed by atoms with Gasteiger partial charge in [-0.25, -0.2) is 0 Å². The quantitative estimate of drug-likeness (QED) is 0.360. The SMILES string of the molecule is C[CH2][Zr](=[SiH2])([Cl])([C]1=C(C)C(C)=C(C)C1C)[C]1=C(C)C(C)=C(C)C1C.Cl.Cl. The van der Waals surface area contributed by atoms with Crippen LogP contribution in [-0.2, 0) is 16.2 Å². The first-order valence-corrected chi connectivity index (χ1v) is 22.2. The van der Waals surface area contributed by atoms with Crippen molar-refractivity contribution in [2.45, 2.75) is 66.4 Å². The molecule has 0 aromatic carbocycles. The maximum atomic E-state index is 7.89. The minimum atomic E-state index is -3.70. The van der Waals surface area contributed by atoms with Gasteiger partial charge in [0.1, 0.15) is 0 Å². The van der Waals surface area contributed by atoms with Crippen LogP contribution >= 0.6 is 33.3 Å². The summed E-state index contributed by atoms with van der Waals surface area (Å²) in [6.45, 7) is 23.1. The summed E-state index contributed by atoms with van der Waals surface area (Å²) in [5.74, 6) is 1.04. The molecule has 0 aromatic rings. The van der Waals surface area contributed by atoms with Crippen molar-refractivity contribution in [2.75, 3.05) is 0 Å². The van der Waals surface area contributed by atoms with E-state index in [0.717, 1.165) is 4.13 Å². The fraction of sp³-hybridized carbons (Fsp3) is 0.600. The van der Waals surface area contributed by atoms with Crippen LogP contribution in [0, 0.1) is 11.8 Å². The third-order valence-electron chi connectivity index (χ3n) is 7.25. The van der Waals surface area contributed by atoms with E-state index in [1.807, 2.05) is 0 Å². The molecule has 0 radical (unpaired) electrons. The van der Waals surface area contributed by atoms with Gasteiger partial charge >= 0.3 is 150 Å². The molecule has 2 aliphatic rings. The van der Waals surface area contributed by atoms with E-state index in [1.165, 1.54) is 33.4 Å². The van der Waals surface area contributed by atoms with Crippen LogP contribution in [-0.4, -0.2) is 6.88 Å². The second-order valence-electron chi connectivity index (χ2n) is 8.03. The van der Waals surface area contributed by atoms with Gasteiger partial charge in [0.15, 0.2) is 0 Å². The van der Waals surface area contributed by atoms with Crippen LogP contribution in [0.25, 0.3) is 0 Å². The predicted octanol–water partition coefficient (Wildman–Crippen LogP) is 7.18. The van der Waals surface area contributed by atoms with Gasteiger partial charge in [-0.3, -0.25) is 0 Å². The van der Waals surface area contributed by atoms with Crippen molar-refractivity contribution >= 4 is 40.2 Å². The molecule has 0 spiro atoms. The summed E-state index contributed by atoms with van der Waals surface area (Å²) in [5, 5.41) is 0. The summed E-state index contributed by atoms with van der Waals surface area (Å²) >= 11 is -3.70. The zero-order valence-corrected chi connectivity index (χ0v) is 23.5. The summed E-state index contributed by atoms with van der Waals surface area (Å²) in [6.07, 6.45) is 0. The average molecular weight is 501 g/mol. The number of hydrogen-bond acceptors (Lipinski definition) is 0. The van der Waals surface area contributed by atoms with Crippen molar-refractivity contribution in [1.29, 1.82) is 0 Å². The molecule has 2 unspecified atom stereocenters. The summed E-state index contributed by atoms with van der Waals surface area (Å²) in [6, 6.07) is 0. The molecule has 0 heterocycles. The number of hydrogen-bond donors (Lipinski definition) is 0. The van der Waals surface area contributed by atoms with Crippen molar-refractivity contribution in [3.63, 3.8) is 0 Å². The van der Waals surface area contributed by atoms with Crippen LogP contribution in [0.3, 0.4) is 0 Å². The predicted molar refractivity (Wildman–Crippen MR) is 120 cm³/mol. The summed E-state index contributed by atoms with van der Waals surface area (Å²) in [4.78, 5) is 0. The Kier molecular flexibility index (Phi) is 8.42. The molecular formula is C20H35Cl3SiZr. The molecule has 5 heteroatoms. The van der Waals surface area contributed by atoms with Crippen molar-refractivity contribution in [2.24, 2.45) is 11.8 Å². The maximum absolute atomic E-state index is 7.89. The molecule has 144 valence electrons. The topological polar surface area (TPSA) is 0 Å². The van der Waals surface area contributed by atoms with Gasteiger partial charge in [-0.1, -0.05) is 0 Å². The van der Waals surface area contributed by atoms with E-state index in [-0.39, 0.29) is 24.8 Å². The molecule has 0 saturated carbocycles. The van der Waals surface area contributed by atoms with Crippen LogP contribution in [0.2, 0.25) is 4.13 Å². The summed E-state index contributed by atoms with van der Waals surface area (Å²) in [7, 11) is 7.89. The molecular weight excluding hydrogens is 466 g/mol. The van der Waals surface area contributed by atoms with Gasteiger partial charge in [-0.05, 0) is 0 Å². The maximum Gasteiger partial charge on any atom is -0.147 e. The molecule has 2 atom stereocenters. The van der Waals surface area contributed by atoms with E-state index in [1.54, 1.807) is 6.56 Å². The minimum absolute atomic E-state index is 0. The number of rotatable bonds is 3. The van der Waals surface area contributed by atoms with Crippen molar-refractivity contribution < 1.29 is 16.2 Å². The number of allylic oxidation sites excluding steroid dienone is 8. The third kappa shape index (κ3) is 3.53. The molecule has 0 saturated heterocycles. The molecule has 0 N–H and O–H groups in total. The summed E-state index contributed by atoms with van der Waals surface area (Å²) in [5.41, 5.74) is 9.04. The first-order valence-electron chi connectivity index (χ1n) is 8.91. The van der Waals surface area contributed by atoms with E-state index in [0.29, 0.717) is 11.8 Å². The van der Waals surface area contributed by atoms with Crippen LogP contribution in [0.5, 0.6) is 0 Å². The smallest absolute Gasteiger partial charge is 0.147 e. The Morgan fingerprint density at radius 3 is 1.20 bits per heavy atom. The molecule has 25 heavy (non-hydrogen) atoms. The van der Waals surface area contributed by atoms with Gasteiger partial charge in [0.25, 0.3) is 0 Å². The zero-order chi connectivity index (χ0) is 17.9. The monoisotopic (exact) mass is 498 g/mol. The fourth-order valence-electron chi connectivity index (χ4n) is 5.11. The Balaban J connectivity index is 0.00000288. The average Bonchev–Trinajstić information content (AvgIpc) is 2.81. The van der Waals surface area contributed by atoms with Gasteiger partial charge in [-0.15, -0.1) is 24.8 Å². The minimum Gasteiger partial charge on any atom is -0.147 e. The van der Waals surface area contributed by atoms with E-state index in [4.69, 9.17) is 8.51 Å². The van der Waals surface area contributed by atoms with E-state index in [9.17, 15) is 0 Å². The van der Waals surface area contributed by atoms with E-state index >= 15 is 0 Å². The van der Waals surface area contributed by atoms with E-state index < -0.39 is 16.2 Å². The summed E-state index contributed by atoms with van der Waals surface area (Å²) < 4.78 is 4.43. The van der Waals surface area contributed by atoms with Gasteiger partial charge in [0.05, 0.1) is 0 Å². The second-order valence-corrected chi connectivity index (χ2v) is 37.3. The molecule has 0 nitrogen and oxygen atoms in total. The molecule has 0 fully saturated rings. The van der Waals surface area contributed by atoms with Gasteiger partial charge in [0, 0.05) is 0 Å². The van der Waals surface area contributed by atoms with E-state index in [2.05, 4.69) is 69.2 Å². The zero-order valence-electron chi connectivity index (χ0n) is 17.3. The molecule has 0 aliphatic heterocycles. The second kappa shape index (κ2) is 8.12. The first-order chi connectivity index (χ1) is 10.4. The normalized spacial score (nSPS) is 24.9. The van der Waals surface area contributed by atoms with Crippen LogP contribution in [0.4, 0.5) is 0 Å². The Bertz CT molecular complexity index is 725. The Morgan fingerprint density at radius 2 is 1.04 bits per heavy atom. The van der Waals surface area contributed by atoms with Crippen LogP contribution in [0.1, 0.15) is 62.3 Å². The number of halogens is 3. The standard InChI is InChI=1S/2C9H13.C2H5.3ClH.H2Si.Zr/c2*1-6-5-7(2)9(4)8(6)3;1-2;;;;;/h2*6H,1-4H3;1H2,2H3;3*1H;1H2;/q;;;;;;;+1/p-1. The Morgan fingerprint density at radius 1 is 0.760 bits per heavy atom. The first kappa shape index (κ1) is 25.9. The van der Waals surface area contributed by atoms with Crippen molar-refractivity contribution in [1.82, 2.24) is 0 Å². The molecule has 0 aromatic heterocycles. The molecule has 0 bridgehead atoms. The van der Waals surface area contributed by atoms with Crippen LogP contribution < -0.4 is 0 Å². The van der Waals surface area contributed by atoms with Crippen molar-refractivity contribution in [3.8, 4) is 0 Å². The largest absolute Gasteiger partial charge is 0.147 e. The molecule has 2 aliphatic carbocycles. The third-order valence-corrected chi connectivity index (χ3v) is 32.4. The Labute approximate surface area is 173 Å².